The fraction of sp³-hybridized carbons (Fsp3) is 0.556. The summed E-state index contributed by atoms with van der Waals surface area (Å²) in [6.45, 7) is 1.97. The van der Waals surface area contributed by atoms with Crippen molar-refractivity contribution in [1.29, 1.82) is 0 Å². The number of hydrogen-bond acceptors (Lipinski definition) is 4. The summed E-state index contributed by atoms with van der Waals surface area (Å²) >= 11 is 0. The number of likely N-dealkylation sites (tertiary alicyclic amines) is 1. The lowest BCUT2D eigenvalue weighted by atomic mass is 10.2. The molecule has 2 fully saturated rings. The smallest absolute Gasteiger partial charge is 0.258 e. The van der Waals surface area contributed by atoms with Crippen molar-refractivity contribution in [1.82, 2.24) is 10.2 Å². The van der Waals surface area contributed by atoms with E-state index >= 15 is 0 Å². The van der Waals surface area contributed by atoms with E-state index in [1.807, 2.05) is 0 Å². The van der Waals surface area contributed by atoms with Crippen LogP contribution < -0.4 is 10.1 Å². The summed E-state index contributed by atoms with van der Waals surface area (Å²) in [5.74, 6) is 0.334. The lowest BCUT2D eigenvalue weighted by Gasteiger charge is -2.23. The van der Waals surface area contributed by atoms with Gasteiger partial charge >= 0.3 is 0 Å². The minimum atomic E-state index is -0.121. The van der Waals surface area contributed by atoms with Crippen LogP contribution in [-0.4, -0.2) is 48.9 Å². The second-order valence-electron chi connectivity index (χ2n) is 6.43. The Morgan fingerprint density at radius 2 is 2.04 bits per heavy atom. The van der Waals surface area contributed by atoms with Crippen LogP contribution in [0.3, 0.4) is 0 Å². The molecule has 1 N–H and O–H groups in total. The highest BCUT2D eigenvalue weighted by molar-refractivity contribution is 5.80. The van der Waals surface area contributed by atoms with Crippen LogP contribution in [0.15, 0.2) is 24.3 Å². The summed E-state index contributed by atoms with van der Waals surface area (Å²) in [7, 11) is 0. The second-order valence-corrected chi connectivity index (χ2v) is 6.43. The molecule has 5 heteroatoms. The number of ether oxygens (including phenoxy) is 1. The van der Waals surface area contributed by atoms with Crippen molar-refractivity contribution in [2.24, 2.45) is 0 Å². The van der Waals surface area contributed by atoms with Gasteiger partial charge in [0.05, 0.1) is 5.56 Å². The Hall–Kier alpha value is -1.88. The summed E-state index contributed by atoms with van der Waals surface area (Å²) in [6, 6.07) is 7.87. The van der Waals surface area contributed by atoms with Gasteiger partial charge in [-0.1, -0.05) is 25.0 Å². The van der Waals surface area contributed by atoms with Gasteiger partial charge < -0.3 is 10.1 Å². The highest BCUT2D eigenvalue weighted by Crippen LogP contribution is 2.26. The van der Waals surface area contributed by atoms with E-state index in [-0.39, 0.29) is 18.6 Å². The first-order valence-corrected chi connectivity index (χ1v) is 8.46. The Morgan fingerprint density at radius 1 is 1.26 bits per heavy atom. The quantitative estimate of drug-likeness (QED) is 0.816. The Labute approximate surface area is 137 Å². The number of amides is 1. The number of benzene rings is 1. The molecule has 3 rings (SSSR count). The topological polar surface area (TPSA) is 58.6 Å². The minimum Gasteiger partial charge on any atom is -0.483 e. The van der Waals surface area contributed by atoms with Crippen molar-refractivity contribution >= 4 is 12.2 Å². The molecular weight excluding hydrogens is 292 g/mol. The van der Waals surface area contributed by atoms with Crippen LogP contribution in [0.25, 0.3) is 0 Å². The molecule has 1 saturated heterocycles. The van der Waals surface area contributed by atoms with E-state index < -0.39 is 0 Å². The maximum absolute atomic E-state index is 12.1. The van der Waals surface area contributed by atoms with Crippen molar-refractivity contribution in [2.75, 3.05) is 19.7 Å². The molecule has 5 nitrogen and oxygen atoms in total. The molecule has 1 saturated carbocycles. The van der Waals surface area contributed by atoms with E-state index in [1.54, 1.807) is 24.3 Å². The van der Waals surface area contributed by atoms with Crippen LogP contribution in [0.2, 0.25) is 0 Å². The van der Waals surface area contributed by atoms with Gasteiger partial charge in [-0.05, 0) is 31.4 Å². The average Bonchev–Trinajstić information content (AvgIpc) is 3.24. The largest absolute Gasteiger partial charge is 0.483 e. The third kappa shape index (κ3) is 4.10. The number of para-hydroxylation sites is 1. The van der Waals surface area contributed by atoms with E-state index in [9.17, 15) is 9.59 Å². The van der Waals surface area contributed by atoms with Crippen LogP contribution >= 0.6 is 0 Å². The van der Waals surface area contributed by atoms with E-state index in [0.717, 1.165) is 25.8 Å². The van der Waals surface area contributed by atoms with Gasteiger partial charge in [0.25, 0.3) is 5.91 Å². The highest BCUT2D eigenvalue weighted by Gasteiger charge is 2.30. The van der Waals surface area contributed by atoms with E-state index in [2.05, 4.69) is 10.2 Å². The fourth-order valence-corrected chi connectivity index (χ4v) is 3.63. The number of rotatable bonds is 6. The average molecular weight is 316 g/mol. The normalized spacial score (nSPS) is 22.2. The number of nitrogens with zero attached hydrogens (tertiary/aromatic N) is 1. The number of aldehydes is 1. The maximum Gasteiger partial charge on any atom is 0.258 e. The van der Waals surface area contributed by atoms with Gasteiger partial charge in [-0.2, -0.15) is 0 Å². The molecular formula is C18H24N2O3. The summed E-state index contributed by atoms with van der Waals surface area (Å²) in [5.41, 5.74) is 0.466. The number of nitrogens with one attached hydrogen (secondary N) is 1. The fourth-order valence-electron chi connectivity index (χ4n) is 3.63. The van der Waals surface area contributed by atoms with Gasteiger partial charge in [0, 0.05) is 25.2 Å². The number of carbonyl (C=O) groups is 2. The van der Waals surface area contributed by atoms with Crippen LogP contribution in [0.5, 0.6) is 5.75 Å². The van der Waals surface area contributed by atoms with Crippen molar-refractivity contribution in [2.45, 2.75) is 44.2 Å². The zero-order valence-electron chi connectivity index (χ0n) is 13.4. The molecule has 1 amide bonds. The summed E-state index contributed by atoms with van der Waals surface area (Å²) in [5, 5.41) is 3.05. The van der Waals surface area contributed by atoms with Gasteiger partial charge in [-0.25, -0.2) is 0 Å². The van der Waals surface area contributed by atoms with Crippen LogP contribution in [0.1, 0.15) is 42.5 Å². The number of hydrogen-bond donors (Lipinski definition) is 1. The van der Waals surface area contributed by atoms with Crippen molar-refractivity contribution < 1.29 is 14.3 Å². The Morgan fingerprint density at radius 3 is 2.83 bits per heavy atom. The molecule has 1 unspecified atom stereocenters. The van der Waals surface area contributed by atoms with E-state index in [1.165, 1.54) is 25.7 Å². The molecule has 1 aliphatic carbocycles. The maximum atomic E-state index is 12.1. The van der Waals surface area contributed by atoms with Crippen molar-refractivity contribution in [3.05, 3.63) is 29.8 Å². The first kappa shape index (κ1) is 16.0. The first-order valence-electron chi connectivity index (χ1n) is 8.46. The Bertz CT molecular complexity index is 555. The molecule has 0 bridgehead atoms. The molecule has 1 aromatic carbocycles. The molecule has 0 spiro atoms. The zero-order chi connectivity index (χ0) is 16.1. The molecule has 0 radical (unpaired) electrons. The van der Waals surface area contributed by atoms with Gasteiger partial charge in [0.2, 0.25) is 0 Å². The SMILES string of the molecule is O=Cc1ccccc1OCC(=O)NC1CCN(C2CCCC2)C1. The zero-order valence-corrected chi connectivity index (χ0v) is 13.4. The summed E-state index contributed by atoms with van der Waals surface area (Å²) < 4.78 is 5.47. The number of carbonyl (C=O) groups excluding carboxylic acids is 2. The van der Waals surface area contributed by atoms with Crippen LogP contribution in [-0.2, 0) is 4.79 Å². The Balaban J connectivity index is 1.44. The molecule has 1 aliphatic heterocycles. The highest BCUT2D eigenvalue weighted by atomic mass is 16.5. The van der Waals surface area contributed by atoms with Gasteiger partial charge in [-0.3, -0.25) is 14.5 Å². The molecule has 23 heavy (non-hydrogen) atoms. The lowest BCUT2D eigenvalue weighted by molar-refractivity contribution is -0.123. The van der Waals surface area contributed by atoms with Gasteiger partial charge in [-0.15, -0.1) is 0 Å². The van der Waals surface area contributed by atoms with Gasteiger partial charge in [0.15, 0.2) is 12.9 Å². The van der Waals surface area contributed by atoms with Crippen LogP contribution in [0.4, 0.5) is 0 Å². The standard InChI is InChI=1S/C18H24N2O3/c21-12-14-5-1-4-8-17(14)23-13-18(22)19-15-9-10-20(11-15)16-6-2-3-7-16/h1,4-5,8,12,15-16H,2-3,6-7,9-11,13H2,(H,19,22). The lowest BCUT2D eigenvalue weighted by Crippen LogP contribution is -2.41. The van der Waals surface area contributed by atoms with E-state index in [4.69, 9.17) is 4.74 Å². The molecule has 0 aromatic heterocycles. The molecule has 1 atom stereocenters. The minimum absolute atomic E-state index is 0.0508. The molecule has 124 valence electrons. The predicted octanol–water partition coefficient (Wildman–Crippen LogP) is 2.01. The summed E-state index contributed by atoms with van der Waals surface area (Å²) in [4.78, 5) is 25.5. The third-order valence-electron chi connectivity index (χ3n) is 4.83. The van der Waals surface area contributed by atoms with E-state index in [0.29, 0.717) is 17.4 Å². The molecule has 2 aliphatic rings. The predicted molar refractivity (Wildman–Crippen MR) is 87.7 cm³/mol. The van der Waals surface area contributed by atoms with Gasteiger partial charge in [0.1, 0.15) is 5.75 Å². The molecule has 1 heterocycles. The molecule has 1 aromatic rings. The van der Waals surface area contributed by atoms with Crippen molar-refractivity contribution in [3.63, 3.8) is 0 Å². The summed E-state index contributed by atoms with van der Waals surface area (Å²) in [6.07, 6.45) is 7.01. The Kier molecular flexibility index (Phi) is 5.28. The third-order valence-corrected chi connectivity index (χ3v) is 4.83. The second kappa shape index (κ2) is 7.59. The van der Waals surface area contributed by atoms with Crippen molar-refractivity contribution in [3.8, 4) is 5.75 Å². The van der Waals surface area contributed by atoms with Crippen LogP contribution in [0, 0.1) is 0 Å². The first-order chi connectivity index (χ1) is 11.3. The monoisotopic (exact) mass is 316 g/mol.